The van der Waals surface area contributed by atoms with Crippen molar-refractivity contribution >= 4 is 11.9 Å². The first kappa shape index (κ1) is 11.4. The minimum Gasteiger partial charge on any atom is -0.480 e. The van der Waals surface area contributed by atoms with Crippen molar-refractivity contribution in [3.8, 4) is 0 Å². The van der Waals surface area contributed by atoms with Gasteiger partial charge in [0, 0.05) is 13.0 Å². The minimum absolute atomic E-state index is 0.0796. The fraction of sp³-hybridized carbons (Fsp3) is 0.833. The Labute approximate surface area is 95.6 Å². The number of likely N-dealkylation sites (tertiary alicyclic amines) is 1. The van der Waals surface area contributed by atoms with E-state index in [1.165, 1.54) is 13.3 Å². The molecule has 1 saturated carbocycles. The SMILES string of the molecule is CC(=O)N1C(C(=O)O)CCC2CCCCC21. The van der Waals surface area contributed by atoms with Crippen LogP contribution in [0.2, 0.25) is 0 Å². The van der Waals surface area contributed by atoms with Crippen LogP contribution >= 0.6 is 0 Å². The first-order chi connectivity index (χ1) is 7.61. The summed E-state index contributed by atoms with van der Waals surface area (Å²) in [6.07, 6.45) is 6.07. The highest BCUT2D eigenvalue weighted by molar-refractivity contribution is 5.82. The number of carbonyl (C=O) groups is 2. The predicted octanol–water partition coefficient (Wildman–Crippen LogP) is 1.64. The summed E-state index contributed by atoms with van der Waals surface area (Å²) in [7, 11) is 0. The molecule has 0 aromatic rings. The van der Waals surface area contributed by atoms with E-state index in [1.807, 2.05) is 0 Å². The summed E-state index contributed by atoms with van der Waals surface area (Å²) >= 11 is 0. The number of piperidine rings is 1. The molecule has 0 spiro atoms. The van der Waals surface area contributed by atoms with Crippen molar-refractivity contribution < 1.29 is 14.7 Å². The minimum atomic E-state index is -0.848. The Hall–Kier alpha value is -1.06. The first-order valence-electron chi connectivity index (χ1n) is 6.13. The maximum Gasteiger partial charge on any atom is 0.326 e. The number of nitrogens with zero attached hydrogens (tertiary/aromatic N) is 1. The van der Waals surface area contributed by atoms with Crippen LogP contribution in [0.1, 0.15) is 45.4 Å². The van der Waals surface area contributed by atoms with Gasteiger partial charge in [-0.05, 0) is 31.6 Å². The Balaban J connectivity index is 2.20. The van der Waals surface area contributed by atoms with Crippen LogP contribution in [-0.4, -0.2) is 34.0 Å². The number of rotatable bonds is 1. The molecule has 4 heteroatoms. The van der Waals surface area contributed by atoms with Gasteiger partial charge in [0.25, 0.3) is 0 Å². The fourth-order valence-electron chi connectivity index (χ4n) is 3.33. The largest absolute Gasteiger partial charge is 0.480 e. The zero-order chi connectivity index (χ0) is 11.7. The van der Waals surface area contributed by atoms with Crippen LogP contribution < -0.4 is 0 Å². The molecule has 1 aliphatic heterocycles. The van der Waals surface area contributed by atoms with Crippen molar-refractivity contribution in [3.05, 3.63) is 0 Å². The second-order valence-electron chi connectivity index (χ2n) is 4.97. The molecule has 1 saturated heterocycles. The average molecular weight is 225 g/mol. The summed E-state index contributed by atoms with van der Waals surface area (Å²) in [4.78, 5) is 24.4. The van der Waals surface area contributed by atoms with Crippen molar-refractivity contribution in [2.45, 2.75) is 57.5 Å². The number of amides is 1. The van der Waals surface area contributed by atoms with Gasteiger partial charge in [0.1, 0.15) is 6.04 Å². The molecule has 1 heterocycles. The maximum absolute atomic E-state index is 11.6. The Bertz CT molecular complexity index is 303. The lowest BCUT2D eigenvalue weighted by Gasteiger charge is -2.46. The predicted molar refractivity (Wildman–Crippen MR) is 58.9 cm³/mol. The van der Waals surface area contributed by atoms with Gasteiger partial charge in [-0.25, -0.2) is 4.79 Å². The quantitative estimate of drug-likeness (QED) is 0.738. The second kappa shape index (κ2) is 4.44. The molecule has 0 aromatic carbocycles. The summed E-state index contributed by atoms with van der Waals surface area (Å²) in [5, 5.41) is 9.15. The molecule has 2 rings (SSSR count). The van der Waals surface area contributed by atoms with Crippen LogP contribution in [-0.2, 0) is 9.59 Å². The van der Waals surface area contributed by atoms with Crippen LogP contribution in [0.25, 0.3) is 0 Å². The number of fused-ring (bicyclic) bond motifs is 1. The molecule has 90 valence electrons. The van der Waals surface area contributed by atoms with Crippen LogP contribution in [0.4, 0.5) is 0 Å². The zero-order valence-corrected chi connectivity index (χ0v) is 9.69. The van der Waals surface area contributed by atoms with Gasteiger partial charge in [-0.3, -0.25) is 4.79 Å². The van der Waals surface area contributed by atoms with E-state index < -0.39 is 12.0 Å². The summed E-state index contributed by atoms with van der Waals surface area (Å²) in [5.74, 6) is -0.392. The molecule has 16 heavy (non-hydrogen) atoms. The molecule has 3 unspecified atom stereocenters. The van der Waals surface area contributed by atoms with Crippen LogP contribution in [0.15, 0.2) is 0 Å². The third-order valence-electron chi connectivity index (χ3n) is 4.02. The summed E-state index contributed by atoms with van der Waals surface area (Å²) in [5.41, 5.74) is 0. The Morgan fingerprint density at radius 1 is 1.12 bits per heavy atom. The van der Waals surface area contributed by atoms with Gasteiger partial charge >= 0.3 is 5.97 Å². The molecule has 3 atom stereocenters. The smallest absolute Gasteiger partial charge is 0.326 e. The van der Waals surface area contributed by atoms with E-state index >= 15 is 0 Å². The molecule has 1 aliphatic carbocycles. The number of carboxylic acids is 1. The molecule has 0 aromatic heterocycles. The number of aliphatic carboxylic acids is 1. The lowest BCUT2D eigenvalue weighted by molar-refractivity contribution is -0.157. The number of hydrogen-bond acceptors (Lipinski definition) is 2. The van der Waals surface area contributed by atoms with Crippen molar-refractivity contribution in [2.24, 2.45) is 5.92 Å². The molecule has 2 fully saturated rings. The molecule has 1 amide bonds. The van der Waals surface area contributed by atoms with Gasteiger partial charge in [-0.15, -0.1) is 0 Å². The molecule has 4 nitrogen and oxygen atoms in total. The maximum atomic E-state index is 11.6. The monoisotopic (exact) mass is 225 g/mol. The molecule has 0 radical (unpaired) electrons. The number of hydrogen-bond donors (Lipinski definition) is 1. The van der Waals surface area contributed by atoms with Crippen LogP contribution in [0, 0.1) is 5.92 Å². The van der Waals surface area contributed by atoms with Crippen molar-refractivity contribution in [1.82, 2.24) is 4.90 Å². The summed E-state index contributed by atoms with van der Waals surface area (Å²) < 4.78 is 0. The van der Waals surface area contributed by atoms with Gasteiger partial charge in [0.05, 0.1) is 0 Å². The lowest BCUT2D eigenvalue weighted by Crippen LogP contribution is -2.56. The van der Waals surface area contributed by atoms with Crippen LogP contribution in [0.5, 0.6) is 0 Å². The van der Waals surface area contributed by atoms with E-state index in [9.17, 15) is 9.59 Å². The average Bonchev–Trinajstić information content (AvgIpc) is 2.27. The molecular formula is C12H19NO3. The van der Waals surface area contributed by atoms with Crippen LogP contribution in [0.3, 0.4) is 0 Å². The van der Waals surface area contributed by atoms with Crippen molar-refractivity contribution in [1.29, 1.82) is 0 Å². The molecule has 2 aliphatic rings. The summed E-state index contributed by atoms with van der Waals surface area (Å²) in [6.45, 7) is 1.49. The van der Waals surface area contributed by atoms with Crippen molar-refractivity contribution in [3.63, 3.8) is 0 Å². The highest BCUT2D eigenvalue weighted by Crippen LogP contribution is 2.37. The van der Waals surface area contributed by atoms with Crippen molar-refractivity contribution in [2.75, 3.05) is 0 Å². The third-order valence-corrected chi connectivity index (χ3v) is 4.02. The normalized spacial score (nSPS) is 34.3. The third kappa shape index (κ3) is 1.93. The van der Waals surface area contributed by atoms with E-state index in [0.717, 1.165) is 25.7 Å². The highest BCUT2D eigenvalue weighted by Gasteiger charge is 2.42. The molecule has 1 N–H and O–H groups in total. The first-order valence-corrected chi connectivity index (χ1v) is 6.13. The standard InChI is InChI=1S/C12H19NO3/c1-8(14)13-10-5-3-2-4-9(10)6-7-11(13)12(15)16/h9-11H,2-7H2,1H3,(H,15,16). The van der Waals surface area contributed by atoms with Gasteiger partial charge < -0.3 is 10.0 Å². The van der Waals surface area contributed by atoms with E-state index in [4.69, 9.17) is 5.11 Å². The fourth-order valence-corrected chi connectivity index (χ4v) is 3.33. The van der Waals surface area contributed by atoms with E-state index in [-0.39, 0.29) is 11.9 Å². The number of carbonyl (C=O) groups excluding carboxylic acids is 1. The van der Waals surface area contributed by atoms with E-state index in [1.54, 1.807) is 4.90 Å². The van der Waals surface area contributed by atoms with E-state index in [2.05, 4.69) is 0 Å². The van der Waals surface area contributed by atoms with Gasteiger partial charge in [0.15, 0.2) is 0 Å². The Morgan fingerprint density at radius 2 is 1.81 bits per heavy atom. The zero-order valence-electron chi connectivity index (χ0n) is 9.69. The molecular weight excluding hydrogens is 206 g/mol. The second-order valence-corrected chi connectivity index (χ2v) is 4.97. The Kier molecular flexibility index (Phi) is 3.17. The van der Waals surface area contributed by atoms with Gasteiger partial charge in [-0.2, -0.15) is 0 Å². The summed E-state index contributed by atoms with van der Waals surface area (Å²) in [6, 6.07) is -0.405. The number of carboxylic acid groups (broad SMARTS) is 1. The van der Waals surface area contributed by atoms with Gasteiger partial charge in [-0.1, -0.05) is 12.8 Å². The Morgan fingerprint density at radius 3 is 2.44 bits per heavy atom. The molecule has 0 bridgehead atoms. The van der Waals surface area contributed by atoms with Gasteiger partial charge in [0.2, 0.25) is 5.91 Å². The topological polar surface area (TPSA) is 57.6 Å². The lowest BCUT2D eigenvalue weighted by atomic mass is 9.76. The van der Waals surface area contributed by atoms with E-state index in [0.29, 0.717) is 12.3 Å². The highest BCUT2D eigenvalue weighted by atomic mass is 16.4.